The number of aryl methyl sites for hydroxylation is 1. The first kappa shape index (κ1) is 18.9. The van der Waals surface area contributed by atoms with Gasteiger partial charge >= 0.3 is 5.97 Å². The number of carboxylic acid groups (broad SMARTS) is 1. The van der Waals surface area contributed by atoms with Gasteiger partial charge in [0.1, 0.15) is 11.4 Å². The first-order valence-corrected chi connectivity index (χ1v) is 9.16. The lowest BCUT2D eigenvalue weighted by Crippen LogP contribution is -2.14. The molecule has 0 spiro atoms. The third-order valence-electron chi connectivity index (χ3n) is 3.87. The standard InChI is InChI=1S/C17H20BrNO4S/c1-2-3-4-5-6-10-7-8-12-15(14(10)18)19-16(23-12)11(17(22)24)9-13(20)21/h7-8,11H,2-6,9H2,1H3,(H,20,21)(H,22,24). The molecule has 0 saturated carbocycles. The van der Waals surface area contributed by atoms with Crippen LogP contribution in [0.1, 0.15) is 56.4 Å². The second-order valence-electron chi connectivity index (χ2n) is 5.74. The minimum atomic E-state index is -1.07. The topological polar surface area (TPSA) is 83.6 Å². The smallest absolute Gasteiger partial charge is 0.304 e. The number of fused-ring (bicyclic) bond motifs is 1. The molecule has 0 amide bonds. The number of benzene rings is 1. The molecule has 2 rings (SSSR count). The number of carbonyl (C=O) groups is 1. The zero-order valence-electron chi connectivity index (χ0n) is 13.4. The first-order valence-electron chi connectivity index (χ1n) is 7.96. The van der Waals surface area contributed by atoms with Crippen LogP contribution in [0.3, 0.4) is 0 Å². The molecule has 1 heterocycles. The van der Waals surface area contributed by atoms with Crippen LogP contribution in [0.15, 0.2) is 21.0 Å². The van der Waals surface area contributed by atoms with E-state index in [0.717, 1.165) is 22.9 Å². The molecule has 2 aromatic rings. The Balaban J connectivity index is 2.28. The van der Waals surface area contributed by atoms with E-state index in [4.69, 9.17) is 21.7 Å². The average Bonchev–Trinajstić information content (AvgIpc) is 2.95. The highest BCUT2D eigenvalue weighted by atomic mass is 79.9. The van der Waals surface area contributed by atoms with E-state index in [2.05, 4.69) is 27.8 Å². The van der Waals surface area contributed by atoms with E-state index < -0.39 is 16.9 Å². The molecular weight excluding hydrogens is 394 g/mol. The fourth-order valence-electron chi connectivity index (χ4n) is 2.56. The molecule has 0 aliphatic carbocycles. The molecule has 5 nitrogen and oxygen atoms in total. The van der Waals surface area contributed by atoms with Gasteiger partial charge in [0.05, 0.1) is 10.9 Å². The normalized spacial score (nSPS) is 12.4. The van der Waals surface area contributed by atoms with Crippen molar-refractivity contribution in [1.82, 2.24) is 4.98 Å². The molecule has 0 saturated heterocycles. The number of aromatic nitrogens is 1. The van der Waals surface area contributed by atoms with Crippen LogP contribution in [0.2, 0.25) is 0 Å². The predicted molar refractivity (Wildman–Crippen MR) is 99.8 cm³/mol. The largest absolute Gasteiger partial charge is 0.501 e. The molecule has 1 unspecified atom stereocenters. The van der Waals surface area contributed by atoms with Gasteiger partial charge in [0.2, 0.25) is 5.89 Å². The quantitative estimate of drug-likeness (QED) is 0.436. The minimum absolute atomic E-state index is 0.128. The number of aliphatic hydroxyl groups excluding tert-OH is 1. The summed E-state index contributed by atoms with van der Waals surface area (Å²) in [5, 5.41) is 18.1. The molecule has 0 aliphatic rings. The van der Waals surface area contributed by atoms with E-state index >= 15 is 0 Å². The Hall–Kier alpha value is -1.47. The van der Waals surface area contributed by atoms with Crippen LogP contribution in [0.5, 0.6) is 0 Å². The maximum atomic E-state index is 10.9. The number of thiocarbonyl (C=S) groups is 1. The Kier molecular flexibility index (Phi) is 6.74. The van der Waals surface area contributed by atoms with E-state index in [1.165, 1.54) is 19.3 Å². The van der Waals surface area contributed by atoms with Crippen LogP contribution in [0.4, 0.5) is 0 Å². The SMILES string of the molecule is CCCCCCc1ccc2oc(C(CC(=O)O)C(O)=S)nc2c1Br. The van der Waals surface area contributed by atoms with Gasteiger partial charge in [0.15, 0.2) is 10.6 Å². The molecule has 1 aromatic heterocycles. The average molecular weight is 414 g/mol. The van der Waals surface area contributed by atoms with Crippen LogP contribution in [0.25, 0.3) is 11.1 Å². The highest BCUT2D eigenvalue weighted by molar-refractivity contribution is 9.10. The number of hydrogen-bond donors (Lipinski definition) is 2. The van der Waals surface area contributed by atoms with E-state index in [1.807, 2.05) is 12.1 Å². The van der Waals surface area contributed by atoms with Crippen molar-refractivity contribution < 1.29 is 19.4 Å². The van der Waals surface area contributed by atoms with Crippen molar-refractivity contribution >= 4 is 50.3 Å². The molecule has 130 valence electrons. The lowest BCUT2D eigenvalue weighted by Gasteiger charge is -2.06. The van der Waals surface area contributed by atoms with Crippen molar-refractivity contribution in [2.45, 2.75) is 51.4 Å². The van der Waals surface area contributed by atoms with Crippen molar-refractivity contribution in [1.29, 1.82) is 0 Å². The zero-order valence-corrected chi connectivity index (χ0v) is 15.8. The van der Waals surface area contributed by atoms with E-state index in [1.54, 1.807) is 0 Å². The molecule has 1 aromatic carbocycles. The summed E-state index contributed by atoms with van der Waals surface area (Å²) in [6, 6.07) is 3.81. The number of nitrogens with zero attached hydrogens (tertiary/aromatic N) is 1. The lowest BCUT2D eigenvalue weighted by molar-refractivity contribution is -0.137. The van der Waals surface area contributed by atoms with Crippen LogP contribution in [-0.2, 0) is 11.2 Å². The summed E-state index contributed by atoms with van der Waals surface area (Å²) < 4.78 is 6.47. The summed E-state index contributed by atoms with van der Waals surface area (Å²) in [6.07, 6.45) is 5.28. The van der Waals surface area contributed by atoms with Crippen molar-refractivity contribution in [3.8, 4) is 0 Å². The number of hydrogen-bond acceptors (Lipinski definition) is 4. The monoisotopic (exact) mass is 413 g/mol. The summed E-state index contributed by atoms with van der Waals surface area (Å²) in [4.78, 5) is 15.3. The van der Waals surface area contributed by atoms with Gasteiger partial charge < -0.3 is 14.6 Å². The molecule has 2 N–H and O–H groups in total. The third-order valence-corrected chi connectivity index (χ3v) is 5.04. The Morgan fingerprint density at radius 2 is 2.08 bits per heavy atom. The van der Waals surface area contributed by atoms with E-state index in [-0.39, 0.29) is 12.3 Å². The first-order chi connectivity index (χ1) is 11.4. The molecular formula is C17H20BrNO4S. The fraction of sp³-hybridized carbons (Fsp3) is 0.471. The Morgan fingerprint density at radius 1 is 1.33 bits per heavy atom. The van der Waals surface area contributed by atoms with Gasteiger partial charge in [0.25, 0.3) is 0 Å². The molecule has 0 bridgehead atoms. The zero-order chi connectivity index (χ0) is 17.7. The fourth-order valence-corrected chi connectivity index (χ4v) is 3.36. The number of aliphatic carboxylic acids is 1. The third kappa shape index (κ3) is 4.54. The number of oxazole rings is 1. The molecule has 7 heteroatoms. The summed E-state index contributed by atoms with van der Waals surface area (Å²) in [5.74, 6) is -1.87. The number of unbranched alkanes of at least 4 members (excludes halogenated alkanes) is 3. The van der Waals surface area contributed by atoms with Crippen molar-refractivity contribution in [3.05, 3.63) is 28.1 Å². The highest BCUT2D eigenvalue weighted by Crippen LogP contribution is 2.32. The molecule has 0 fully saturated rings. The van der Waals surface area contributed by atoms with Crippen molar-refractivity contribution in [2.24, 2.45) is 0 Å². The van der Waals surface area contributed by atoms with E-state index in [9.17, 15) is 9.90 Å². The lowest BCUT2D eigenvalue weighted by atomic mass is 10.1. The van der Waals surface area contributed by atoms with Gasteiger partial charge in [-0.25, -0.2) is 4.98 Å². The summed E-state index contributed by atoms with van der Waals surface area (Å²) >= 11 is 8.31. The summed E-state index contributed by atoms with van der Waals surface area (Å²) in [7, 11) is 0. The van der Waals surface area contributed by atoms with Gasteiger partial charge in [0, 0.05) is 0 Å². The Morgan fingerprint density at radius 3 is 2.71 bits per heavy atom. The van der Waals surface area contributed by atoms with Crippen LogP contribution in [0, 0.1) is 0 Å². The van der Waals surface area contributed by atoms with E-state index in [0.29, 0.717) is 11.1 Å². The minimum Gasteiger partial charge on any atom is -0.501 e. The van der Waals surface area contributed by atoms with Crippen LogP contribution < -0.4 is 0 Å². The number of rotatable bonds is 9. The highest BCUT2D eigenvalue weighted by Gasteiger charge is 2.26. The number of carboxylic acids is 1. The van der Waals surface area contributed by atoms with Gasteiger partial charge in [-0.05, 0) is 52.6 Å². The van der Waals surface area contributed by atoms with Gasteiger partial charge in [-0.1, -0.05) is 32.3 Å². The van der Waals surface area contributed by atoms with Crippen molar-refractivity contribution in [3.63, 3.8) is 0 Å². The van der Waals surface area contributed by atoms with Gasteiger partial charge in [-0.15, -0.1) is 0 Å². The van der Waals surface area contributed by atoms with Crippen molar-refractivity contribution in [2.75, 3.05) is 0 Å². The Labute approximate surface area is 154 Å². The predicted octanol–water partition coefficient (Wildman–Crippen LogP) is 5.16. The second-order valence-corrected chi connectivity index (χ2v) is 6.95. The maximum Gasteiger partial charge on any atom is 0.304 e. The molecule has 0 aliphatic heterocycles. The molecule has 24 heavy (non-hydrogen) atoms. The van der Waals surface area contributed by atoms with Crippen LogP contribution >= 0.6 is 28.1 Å². The van der Waals surface area contributed by atoms with Crippen LogP contribution in [-0.4, -0.2) is 26.2 Å². The molecule has 1 atom stereocenters. The maximum absolute atomic E-state index is 10.9. The molecule has 0 radical (unpaired) electrons. The summed E-state index contributed by atoms with van der Waals surface area (Å²) in [6.45, 7) is 2.18. The number of halogens is 1. The van der Waals surface area contributed by atoms with Gasteiger partial charge in [-0.3, -0.25) is 4.79 Å². The van der Waals surface area contributed by atoms with Gasteiger partial charge in [-0.2, -0.15) is 0 Å². The number of aliphatic hydroxyl groups is 1. The summed E-state index contributed by atoms with van der Waals surface area (Å²) in [5.41, 5.74) is 2.31. The second kappa shape index (κ2) is 8.58. The Bertz CT molecular complexity index is 744.